The van der Waals surface area contributed by atoms with Crippen LogP contribution in [0, 0.1) is 3.70 Å². The van der Waals surface area contributed by atoms with Crippen LogP contribution in [-0.2, 0) is 17.8 Å². The first-order chi connectivity index (χ1) is 17.7. The fourth-order valence-corrected chi connectivity index (χ4v) is 5.34. The lowest BCUT2D eigenvalue weighted by molar-refractivity contribution is -0.0368. The van der Waals surface area contributed by atoms with E-state index in [2.05, 4.69) is 107 Å². The molecule has 0 bridgehead atoms. The maximum Gasteiger partial charge on any atom is 0.150 e. The third kappa shape index (κ3) is 6.35. The highest BCUT2D eigenvalue weighted by molar-refractivity contribution is 14.1. The molecule has 0 N–H and O–H groups in total. The van der Waals surface area contributed by atoms with E-state index in [1.54, 1.807) is 0 Å². The molecule has 0 spiro atoms. The molecular formula is C30H32IN3O2. The van der Waals surface area contributed by atoms with E-state index in [1.807, 2.05) is 10.7 Å². The largest absolute Gasteiger partial charge is 0.462 e. The summed E-state index contributed by atoms with van der Waals surface area (Å²) in [5.41, 5.74) is 3.69. The van der Waals surface area contributed by atoms with Gasteiger partial charge in [0.05, 0.1) is 11.3 Å². The van der Waals surface area contributed by atoms with Gasteiger partial charge in [0, 0.05) is 38.0 Å². The molecule has 6 heteroatoms. The summed E-state index contributed by atoms with van der Waals surface area (Å²) >= 11 is 2.30. The number of hydrogen-bond donors (Lipinski definition) is 0. The van der Waals surface area contributed by atoms with Gasteiger partial charge in [-0.1, -0.05) is 67.2 Å². The van der Waals surface area contributed by atoms with Crippen molar-refractivity contribution in [1.29, 1.82) is 0 Å². The second-order valence-corrected chi connectivity index (χ2v) is 10.3. The van der Waals surface area contributed by atoms with Gasteiger partial charge in [-0.05, 0) is 71.2 Å². The Morgan fingerprint density at radius 3 is 2.33 bits per heavy atom. The molecule has 1 aliphatic rings. The number of ether oxygens (including phenoxy) is 2. The maximum absolute atomic E-state index is 6.19. The average molecular weight is 594 g/mol. The molecule has 1 aliphatic heterocycles. The van der Waals surface area contributed by atoms with Gasteiger partial charge in [0.15, 0.2) is 6.23 Å². The second-order valence-electron chi connectivity index (χ2n) is 9.31. The lowest BCUT2D eigenvalue weighted by atomic mass is 10.1. The first-order valence-corrected chi connectivity index (χ1v) is 13.7. The summed E-state index contributed by atoms with van der Waals surface area (Å²) < 4.78 is 15.1. The first-order valence-electron chi connectivity index (χ1n) is 12.6. The SMILES string of the molecule is C=C(CCN(Cc1ccccc1)Cc1ccccc1)Oc1ccc2c(c1)c(I)nn2C1CCCCO1. The molecule has 1 atom stereocenters. The first kappa shape index (κ1) is 25.0. The Bertz CT molecular complexity index is 1240. The summed E-state index contributed by atoms with van der Waals surface area (Å²) in [4.78, 5) is 2.44. The normalized spacial score (nSPS) is 15.9. The third-order valence-corrected chi connectivity index (χ3v) is 7.32. The lowest BCUT2D eigenvalue weighted by Crippen LogP contribution is -2.24. The van der Waals surface area contributed by atoms with Crippen LogP contribution in [0.1, 0.15) is 43.0 Å². The average Bonchev–Trinajstić information content (AvgIpc) is 3.25. The van der Waals surface area contributed by atoms with Gasteiger partial charge >= 0.3 is 0 Å². The molecule has 186 valence electrons. The summed E-state index contributed by atoms with van der Waals surface area (Å²) in [5, 5.41) is 5.85. The number of benzene rings is 3. The molecule has 1 fully saturated rings. The molecule has 0 radical (unpaired) electrons. The zero-order chi connectivity index (χ0) is 24.7. The highest BCUT2D eigenvalue weighted by Gasteiger charge is 2.20. The molecule has 2 heterocycles. The zero-order valence-corrected chi connectivity index (χ0v) is 22.6. The van der Waals surface area contributed by atoms with Gasteiger partial charge in [0.2, 0.25) is 0 Å². The van der Waals surface area contributed by atoms with E-state index in [9.17, 15) is 0 Å². The Morgan fingerprint density at radius 2 is 1.69 bits per heavy atom. The summed E-state index contributed by atoms with van der Waals surface area (Å²) in [5.74, 6) is 1.56. The topological polar surface area (TPSA) is 39.5 Å². The minimum absolute atomic E-state index is 0.0201. The van der Waals surface area contributed by atoms with E-state index in [-0.39, 0.29) is 6.23 Å². The molecule has 0 saturated carbocycles. The predicted octanol–water partition coefficient (Wildman–Crippen LogP) is 7.33. The van der Waals surface area contributed by atoms with Crippen molar-refractivity contribution in [1.82, 2.24) is 14.7 Å². The number of fused-ring (bicyclic) bond motifs is 1. The fourth-order valence-electron chi connectivity index (χ4n) is 4.68. The molecular weight excluding hydrogens is 561 g/mol. The minimum Gasteiger partial charge on any atom is -0.462 e. The van der Waals surface area contributed by atoms with Crippen LogP contribution in [0.25, 0.3) is 10.9 Å². The van der Waals surface area contributed by atoms with E-state index in [4.69, 9.17) is 14.6 Å². The van der Waals surface area contributed by atoms with Crippen molar-refractivity contribution in [3.63, 3.8) is 0 Å². The third-order valence-electron chi connectivity index (χ3n) is 6.53. The van der Waals surface area contributed by atoms with Crippen molar-refractivity contribution in [3.8, 4) is 5.75 Å². The minimum atomic E-state index is 0.0201. The molecule has 4 aromatic rings. The molecule has 36 heavy (non-hydrogen) atoms. The van der Waals surface area contributed by atoms with Crippen molar-refractivity contribution in [2.75, 3.05) is 13.2 Å². The highest BCUT2D eigenvalue weighted by Crippen LogP contribution is 2.31. The molecule has 5 rings (SSSR count). The van der Waals surface area contributed by atoms with Crippen LogP contribution in [0.3, 0.4) is 0 Å². The van der Waals surface area contributed by atoms with Gasteiger partial charge in [-0.3, -0.25) is 4.90 Å². The Balaban J connectivity index is 1.24. The molecule has 1 unspecified atom stereocenters. The number of hydrogen-bond acceptors (Lipinski definition) is 4. The van der Waals surface area contributed by atoms with Gasteiger partial charge in [-0.2, -0.15) is 5.10 Å². The van der Waals surface area contributed by atoms with E-state index in [0.717, 1.165) is 71.6 Å². The van der Waals surface area contributed by atoms with Crippen molar-refractivity contribution in [3.05, 3.63) is 106 Å². The van der Waals surface area contributed by atoms with Gasteiger partial charge in [0.1, 0.15) is 9.45 Å². The summed E-state index contributed by atoms with van der Waals surface area (Å²) in [6.45, 7) is 7.66. The van der Waals surface area contributed by atoms with Crippen LogP contribution < -0.4 is 4.74 Å². The zero-order valence-electron chi connectivity index (χ0n) is 20.5. The summed E-state index contributed by atoms with van der Waals surface area (Å²) in [7, 11) is 0. The van der Waals surface area contributed by atoms with Crippen LogP contribution in [-0.4, -0.2) is 27.8 Å². The number of rotatable bonds is 10. The van der Waals surface area contributed by atoms with Gasteiger partial charge < -0.3 is 9.47 Å². The van der Waals surface area contributed by atoms with E-state index in [0.29, 0.717) is 0 Å². The van der Waals surface area contributed by atoms with Crippen LogP contribution in [0.4, 0.5) is 0 Å². The molecule has 1 aromatic heterocycles. The van der Waals surface area contributed by atoms with E-state index in [1.165, 1.54) is 17.5 Å². The highest BCUT2D eigenvalue weighted by atomic mass is 127. The Hall–Kier alpha value is -2.68. The fraction of sp³-hybridized carbons (Fsp3) is 0.300. The number of aromatic nitrogens is 2. The van der Waals surface area contributed by atoms with Crippen LogP contribution in [0.15, 0.2) is 91.2 Å². The number of halogens is 1. The van der Waals surface area contributed by atoms with E-state index >= 15 is 0 Å². The van der Waals surface area contributed by atoms with Crippen LogP contribution in [0.2, 0.25) is 0 Å². The van der Waals surface area contributed by atoms with Gasteiger partial charge in [-0.25, -0.2) is 4.68 Å². The van der Waals surface area contributed by atoms with Gasteiger partial charge in [-0.15, -0.1) is 0 Å². The van der Waals surface area contributed by atoms with Crippen molar-refractivity contribution < 1.29 is 9.47 Å². The van der Waals surface area contributed by atoms with Crippen LogP contribution in [0.5, 0.6) is 5.75 Å². The Labute approximate surface area is 226 Å². The molecule has 0 amide bonds. The van der Waals surface area contributed by atoms with Crippen LogP contribution >= 0.6 is 22.6 Å². The quantitative estimate of drug-likeness (QED) is 0.143. The molecule has 5 nitrogen and oxygen atoms in total. The summed E-state index contributed by atoms with van der Waals surface area (Å²) in [6, 6.07) is 27.4. The van der Waals surface area contributed by atoms with E-state index < -0.39 is 0 Å². The monoisotopic (exact) mass is 593 g/mol. The Kier molecular flexibility index (Phi) is 8.36. The lowest BCUT2D eigenvalue weighted by Gasteiger charge is -2.23. The standard InChI is InChI=1S/C30H32IN3O2/c1-23(17-18-33(21-24-10-4-2-5-11-24)22-25-12-6-3-7-13-25)36-26-15-16-28-27(20-26)30(31)32-34(28)29-14-8-9-19-35-29/h2-7,10-13,15-16,20,29H,1,8-9,14,17-19,21-22H2. The smallest absolute Gasteiger partial charge is 0.150 e. The van der Waals surface area contributed by atoms with Crippen molar-refractivity contribution in [2.45, 2.75) is 45.0 Å². The molecule has 0 aliphatic carbocycles. The van der Waals surface area contributed by atoms with Crippen molar-refractivity contribution >= 4 is 33.5 Å². The predicted molar refractivity (Wildman–Crippen MR) is 153 cm³/mol. The van der Waals surface area contributed by atoms with Gasteiger partial charge in [0.25, 0.3) is 0 Å². The maximum atomic E-state index is 6.19. The molecule has 3 aromatic carbocycles. The summed E-state index contributed by atoms with van der Waals surface area (Å²) in [6.07, 6.45) is 4.08. The molecule has 1 saturated heterocycles. The van der Waals surface area contributed by atoms with Crippen molar-refractivity contribution in [2.24, 2.45) is 0 Å². The Morgan fingerprint density at radius 1 is 1.00 bits per heavy atom. The number of nitrogens with zero attached hydrogens (tertiary/aromatic N) is 3. The second kappa shape index (κ2) is 12.0.